The van der Waals surface area contributed by atoms with E-state index in [1.165, 1.54) is 6.07 Å². The van der Waals surface area contributed by atoms with Crippen LogP contribution in [0.4, 0.5) is 4.39 Å². The molecular weight excluding hydrogens is 183 g/mol. The second-order valence-corrected chi connectivity index (χ2v) is 2.61. The van der Waals surface area contributed by atoms with Gasteiger partial charge in [0.1, 0.15) is 5.82 Å². The minimum absolute atomic E-state index is 0.251. The molecule has 0 amide bonds. The maximum atomic E-state index is 12.9. The maximum absolute atomic E-state index is 12.9. The van der Waals surface area contributed by atoms with Gasteiger partial charge >= 0.3 is 5.97 Å². The fourth-order valence-corrected chi connectivity index (χ4v) is 1.04. The molecule has 14 heavy (non-hydrogen) atoms. The van der Waals surface area contributed by atoms with Crippen molar-refractivity contribution < 1.29 is 14.3 Å². The van der Waals surface area contributed by atoms with Gasteiger partial charge in [-0.3, -0.25) is 4.79 Å². The molecule has 78 valence electrons. The van der Waals surface area contributed by atoms with E-state index >= 15 is 0 Å². The Kier molecular flexibility index (Phi) is 5.53. The van der Waals surface area contributed by atoms with Crippen LogP contribution in [0.5, 0.6) is 0 Å². The second-order valence-electron chi connectivity index (χ2n) is 2.61. The van der Waals surface area contributed by atoms with Crippen LogP contribution in [0.15, 0.2) is 18.2 Å². The summed E-state index contributed by atoms with van der Waals surface area (Å²) in [6, 6.07) is 4.53. The van der Waals surface area contributed by atoms with Gasteiger partial charge in [-0.2, -0.15) is 0 Å². The molecule has 0 aliphatic heterocycles. The minimum atomic E-state index is -1.01. The van der Waals surface area contributed by atoms with Crippen molar-refractivity contribution in [1.29, 1.82) is 0 Å². The predicted molar refractivity (Wildman–Crippen MR) is 53.8 cm³/mol. The van der Waals surface area contributed by atoms with Gasteiger partial charge in [0.15, 0.2) is 0 Å². The van der Waals surface area contributed by atoms with Crippen LogP contribution in [-0.4, -0.2) is 11.1 Å². The highest BCUT2D eigenvalue weighted by atomic mass is 19.1. The number of carboxylic acids is 1. The first-order valence-corrected chi connectivity index (χ1v) is 4.57. The van der Waals surface area contributed by atoms with Crippen LogP contribution >= 0.6 is 0 Å². The Morgan fingerprint density at radius 3 is 2.43 bits per heavy atom. The zero-order valence-corrected chi connectivity index (χ0v) is 8.67. The molecule has 0 bridgehead atoms. The lowest BCUT2D eigenvalue weighted by atomic mass is 10.1. The van der Waals surface area contributed by atoms with E-state index in [1.54, 1.807) is 19.1 Å². The zero-order chi connectivity index (χ0) is 11.1. The minimum Gasteiger partial charge on any atom is -0.481 e. The molecule has 0 aromatic heterocycles. The molecule has 0 heterocycles. The molecule has 0 unspecified atom stereocenters. The third-order valence-corrected chi connectivity index (χ3v) is 1.68. The van der Waals surface area contributed by atoms with Gasteiger partial charge in [0.25, 0.3) is 0 Å². The monoisotopic (exact) mass is 198 g/mol. The van der Waals surface area contributed by atoms with E-state index in [0.717, 1.165) is 0 Å². The maximum Gasteiger partial charge on any atom is 0.307 e. The van der Waals surface area contributed by atoms with E-state index in [4.69, 9.17) is 5.11 Å². The van der Waals surface area contributed by atoms with Crippen molar-refractivity contribution in [3.63, 3.8) is 0 Å². The van der Waals surface area contributed by atoms with Crippen molar-refractivity contribution >= 4 is 5.97 Å². The number of aliphatic carboxylic acids is 1. The summed E-state index contributed by atoms with van der Waals surface area (Å²) in [6.07, 6.45) is -0.251. The number of hydrogen-bond donors (Lipinski definition) is 1. The standard InChI is InChI=1S/C9H9FO2.C2H6/c1-6-3-2-4-8(10)7(6)5-9(11)12;1-2/h2-4H,5H2,1H3,(H,11,12);1-2H3. The quantitative estimate of drug-likeness (QED) is 0.793. The van der Waals surface area contributed by atoms with Crippen molar-refractivity contribution in [3.05, 3.63) is 35.1 Å². The molecule has 0 aliphatic rings. The number of carbonyl (C=O) groups is 1. The summed E-state index contributed by atoms with van der Waals surface area (Å²) in [7, 11) is 0. The Bertz CT molecular complexity index is 288. The molecule has 0 saturated carbocycles. The second kappa shape index (κ2) is 6.13. The van der Waals surface area contributed by atoms with E-state index in [0.29, 0.717) is 5.56 Å². The molecule has 1 rings (SSSR count). The van der Waals surface area contributed by atoms with Gasteiger partial charge in [0, 0.05) is 5.56 Å². The van der Waals surface area contributed by atoms with E-state index in [1.807, 2.05) is 13.8 Å². The molecule has 0 atom stereocenters. The van der Waals surface area contributed by atoms with Crippen LogP contribution in [0.2, 0.25) is 0 Å². The summed E-state index contributed by atoms with van der Waals surface area (Å²) in [5.41, 5.74) is 0.947. The van der Waals surface area contributed by atoms with Crippen LogP contribution in [0.1, 0.15) is 25.0 Å². The molecule has 2 nitrogen and oxygen atoms in total. The summed E-state index contributed by atoms with van der Waals surface area (Å²) in [5, 5.41) is 8.45. The van der Waals surface area contributed by atoms with E-state index in [-0.39, 0.29) is 12.0 Å². The smallest absolute Gasteiger partial charge is 0.307 e. The molecule has 0 spiro atoms. The van der Waals surface area contributed by atoms with Crippen molar-refractivity contribution in [2.75, 3.05) is 0 Å². The third-order valence-electron chi connectivity index (χ3n) is 1.68. The van der Waals surface area contributed by atoms with Gasteiger partial charge in [0.2, 0.25) is 0 Å². The van der Waals surface area contributed by atoms with Crippen LogP contribution in [0.25, 0.3) is 0 Å². The SMILES string of the molecule is CC.Cc1cccc(F)c1CC(=O)O. The highest BCUT2D eigenvalue weighted by Crippen LogP contribution is 2.12. The molecule has 1 aromatic carbocycles. The van der Waals surface area contributed by atoms with Gasteiger partial charge in [-0.05, 0) is 18.6 Å². The van der Waals surface area contributed by atoms with Gasteiger partial charge in [-0.25, -0.2) is 4.39 Å². The first kappa shape index (κ1) is 12.6. The van der Waals surface area contributed by atoms with Crippen LogP contribution in [0, 0.1) is 12.7 Å². The number of hydrogen-bond acceptors (Lipinski definition) is 1. The molecular formula is C11H15FO2. The third kappa shape index (κ3) is 3.56. The molecule has 3 heteroatoms. The average molecular weight is 198 g/mol. The van der Waals surface area contributed by atoms with Gasteiger partial charge in [-0.1, -0.05) is 26.0 Å². The molecule has 1 aromatic rings. The lowest BCUT2D eigenvalue weighted by Crippen LogP contribution is -2.04. The van der Waals surface area contributed by atoms with Crippen LogP contribution < -0.4 is 0 Å². The molecule has 0 radical (unpaired) electrons. The number of halogens is 1. The lowest BCUT2D eigenvalue weighted by Gasteiger charge is -2.02. The molecule has 1 N–H and O–H groups in total. The Morgan fingerprint density at radius 2 is 2.00 bits per heavy atom. The fraction of sp³-hybridized carbons (Fsp3) is 0.364. The first-order valence-electron chi connectivity index (χ1n) is 4.57. The van der Waals surface area contributed by atoms with Crippen molar-refractivity contribution in [2.24, 2.45) is 0 Å². The Morgan fingerprint density at radius 1 is 1.43 bits per heavy atom. The lowest BCUT2D eigenvalue weighted by molar-refractivity contribution is -0.136. The van der Waals surface area contributed by atoms with E-state index in [9.17, 15) is 9.18 Å². The summed E-state index contributed by atoms with van der Waals surface area (Å²) < 4.78 is 12.9. The van der Waals surface area contributed by atoms with Gasteiger partial charge in [0.05, 0.1) is 6.42 Å². The van der Waals surface area contributed by atoms with Gasteiger partial charge in [-0.15, -0.1) is 0 Å². The predicted octanol–water partition coefficient (Wildman–Crippen LogP) is 2.79. The summed E-state index contributed by atoms with van der Waals surface area (Å²) in [6.45, 7) is 5.70. The van der Waals surface area contributed by atoms with Crippen LogP contribution in [0.3, 0.4) is 0 Å². The zero-order valence-electron chi connectivity index (χ0n) is 8.67. The number of benzene rings is 1. The number of rotatable bonds is 2. The molecule has 0 fully saturated rings. The van der Waals surface area contributed by atoms with E-state index in [2.05, 4.69) is 0 Å². The Labute approximate surface area is 83.4 Å². The van der Waals surface area contributed by atoms with Crippen LogP contribution in [-0.2, 0) is 11.2 Å². The number of carboxylic acid groups (broad SMARTS) is 1. The Balaban J connectivity index is 0.000000791. The van der Waals surface area contributed by atoms with E-state index < -0.39 is 11.8 Å². The summed E-state index contributed by atoms with van der Waals surface area (Å²) >= 11 is 0. The highest BCUT2D eigenvalue weighted by molar-refractivity contribution is 5.70. The largest absolute Gasteiger partial charge is 0.481 e. The molecule has 0 saturated heterocycles. The van der Waals surface area contributed by atoms with Crippen molar-refractivity contribution in [3.8, 4) is 0 Å². The molecule has 0 aliphatic carbocycles. The summed E-state index contributed by atoms with van der Waals surface area (Å²) in [4.78, 5) is 10.3. The Hall–Kier alpha value is -1.38. The normalized spacial score (nSPS) is 8.86. The van der Waals surface area contributed by atoms with Crippen molar-refractivity contribution in [1.82, 2.24) is 0 Å². The first-order chi connectivity index (χ1) is 6.61. The highest BCUT2D eigenvalue weighted by Gasteiger charge is 2.08. The fourth-order valence-electron chi connectivity index (χ4n) is 1.04. The topological polar surface area (TPSA) is 37.3 Å². The van der Waals surface area contributed by atoms with Crippen molar-refractivity contribution in [2.45, 2.75) is 27.2 Å². The average Bonchev–Trinajstić information content (AvgIpc) is 2.15. The van der Waals surface area contributed by atoms with Gasteiger partial charge < -0.3 is 5.11 Å². The summed E-state index contributed by atoms with van der Waals surface area (Å²) in [5.74, 6) is -1.46. The number of aryl methyl sites for hydroxylation is 1.